The number of piperazine rings is 1. The predicted molar refractivity (Wildman–Crippen MR) is 78.6 cm³/mol. The van der Waals surface area contributed by atoms with Gasteiger partial charge in [0.05, 0.1) is 5.69 Å². The van der Waals surface area contributed by atoms with E-state index in [1.165, 1.54) is 45.6 Å². The van der Waals surface area contributed by atoms with Crippen LogP contribution in [0.15, 0.2) is 10.6 Å². The maximum atomic E-state index is 5.13. The zero-order chi connectivity index (χ0) is 13.8. The number of aromatic nitrogens is 1. The molecule has 5 nitrogen and oxygen atoms in total. The van der Waals surface area contributed by atoms with Gasteiger partial charge < -0.3 is 14.7 Å². The second-order valence-electron chi connectivity index (χ2n) is 6.20. The van der Waals surface area contributed by atoms with E-state index in [-0.39, 0.29) is 0 Å². The molecule has 2 aliphatic rings. The van der Waals surface area contributed by atoms with E-state index in [9.17, 15) is 0 Å². The number of hydrogen-bond acceptors (Lipinski definition) is 5. The summed E-state index contributed by atoms with van der Waals surface area (Å²) in [4.78, 5) is 5.12. The van der Waals surface area contributed by atoms with E-state index in [2.05, 4.69) is 20.3 Å². The van der Waals surface area contributed by atoms with Crippen LogP contribution in [0.25, 0.3) is 0 Å². The van der Waals surface area contributed by atoms with Crippen LogP contribution >= 0.6 is 0 Å². The van der Waals surface area contributed by atoms with Crippen LogP contribution in [0.1, 0.15) is 24.3 Å². The van der Waals surface area contributed by atoms with E-state index in [1.807, 2.05) is 13.0 Å². The lowest BCUT2D eigenvalue weighted by Gasteiger charge is -2.37. The molecule has 0 bridgehead atoms. The molecule has 2 fully saturated rings. The highest BCUT2D eigenvalue weighted by Gasteiger charge is 2.21. The molecule has 3 rings (SSSR count). The Kier molecular flexibility index (Phi) is 4.70. The maximum absolute atomic E-state index is 5.13. The van der Waals surface area contributed by atoms with Crippen molar-refractivity contribution in [1.82, 2.24) is 20.3 Å². The summed E-state index contributed by atoms with van der Waals surface area (Å²) < 4.78 is 5.13. The van der Waals surface area contributed by atoms with Crippen molar-refractivity contribution < 1.29 is 4.52 Å². The van der Waals surface area contributed by atoms with Crippen LogP contribution in [0.4, 0.5) is 0 Å². The SMILES string of the molecule is Cc1cc(CN2CCN(CC3CCNCC3)CC2)no1. The minimum Gasteiger partial charge on any atom is -0.361 e. The van der Waals surface area contributed by atoms with Gasteiger partial charge in [-0.2, -0.15) is 0 Å². The number of rotatable bonds is 4. The number of aryl methyl sites for hydroxylation is 1. The Morgan fingerprint density at radius 2 is 1.90 bits per heavy atom. The molecule has 0 aliphatic carbocycles. The molecule has 1 N–H and O–H groups in total. The fourth-order valence-electron chi connectivity index (χ4n) is 3.28. The first kappa shape index (κ1) is 14.0. The average Bonchev–Trinajstić information content (AvgIpc) is 2.88. The Bertz CT molecular complexity index is 406. The molecule has 5 heteroatoms. The molecular formula is C15H26N4O. The summed E-state index contributed by atoms with van der Waals surface area (Å²) in [6.07, 6.45) is 2.69. The van der Waals surface area contributed by atoms with Crippen LogP contribution in [0.3, 0.4) is 0 Å². The van der Waals surface area contributed by atoms with Crippen molar-refractivity contribution in [3.05, 3.63) is 17.5 Å². The van der Waals surface area contributed by atoms with Crippen LogP contribution < -0.4 is 5.32 Å². The van der Waals surface area contributed by atoms with Gasteiger partial charge in [-0.15, -0.1) is 0 Å². The Morgan fingerprint density at radius 1 is 1.20 bits per heavy atom. The molecule has 0 amide bonds. The molecule has 20 heavy (non-hydrogen) atoms. The molecule has 112 valence electrons. The van der Waals surface area contributed by atoms with E-state index >= 15 is 0 Å². The summed E-state index contributed by atoms with van der Waals surface area (Å²) in [7, 11) is 0. The third-order valence-electron chi connectivity index (χ3n) is 4.50. The van der Waals surface area contributed by atoms with Crippen LogP contribution in [-0.4, -0.2) is 60.8 Å². The van der Waals surface area contributed by atoms with Crippen molar-refractivity contribution in [2.24, 2.45) is 5.92 Å². The minimum atomic E-state index is 0.904. The van der Waals surface area contributed by atoms with Crippen LogP contribution in [0.2, 0.25) is 0 Å². The normalized spacial score (nSPS) is 23.2. The Hall–Kier alpha value is -0.910. The molecule has 0 aromatic carbocycles. The molecule has 3 heterocycles. The second-order valence-corrected chi connectivity index (χ2v) is 6.20. The van der Waals surface area contributed by atoms with E-state index in [0.29, 0.717) is 0 Å². The minimum absolute atomic E-state index is 0.904. The zero-order valence-electron chi connectivity index (χ0n) is 12.5. The molecule has 1 aromatic rings. The molecule has 0 radical (unpaired) electrons. The Balaban J connectivity index is 1.40. The topological polar surface area (TPSA) is 44.5 Å². The van der Waals surface area contributed by atoms with Crippen molar-refractivity contribution >= 4 is 0 Å². The molecule has 2 saturated heterocycles. The first-order chi connectivity index (χ1) is 9.79. The standard InChI is InChI=1S/C15H26N4O/c1-13-10-15(17-20-13)12-19-8-6-18(7-9-19)11-14-2-4-16-5-3-14/h10,14,16H,2-9,11-12H2,1H3. The van der Waals surface area contributed by atoms with Gasteiger partial charge in [-0.1, -0.05) is 5.16 Å². The van der Waals surface area contributed by atoms with Gasteiger partial charge in [0.1, 0.15) is 5.76 Å². The highest BCUT2D eigenvalue weighted by Crippen LogP contribution is 2.15. The lowest BCUT2D eigenvalue weighted by Crippen LogP contribution is -2.48. The molecule has 0 unspecified atom stereocenters. The third kappa shape index (κ3) is 3.81. The summed E-state index contributed by atoms with van der Waals surface area (Å²) in [5.41, 5.74) is 1.06. The van der Waals surface area contributed by atoms with Gasteiger partial charge in [-0.25, -0.2) is 0 Å². The number of nitrogens with one attached hydrogen (secondary N) is 1. The molecule has 0 spiro atoms. The first-order valence-corrected chi connectivity index (χ1v) is 7.87. The number of piperidine rings is 1. The summed E-state index contributed by atoms with van der Waals surface area (Å²) in [5.74, 6) is 1.81. The number of hydrogen-bond donors (Lipinski definition) is 1. The van der Waals surface area contributed by atoms with Crippen LogP contribution in [0, 0.1) is 12.8 Å². The smallest absolute Gasteiger partial charge is 0.133 e. The van der Waals surface area contributed by atoms with E-state index in [1.54, 1.807) is 0 Å². The first-order valence-electron chi connectivity index (χ1n) is 7.87. The van der Waals surface area contributed by atoms with Gasteiger partial charge >= 0.3 is 0 Å². The van der Waals surface area contributed by atoms with Crippen molar-refractivity contribution in [3.63, 3.8) is 0 Å². The van der Waals surface area contributed by atoms with E-state index < -0.39 is 0 Å². The van der Waals surface area contributed by atoms with Crippen molar-refractivity contribution in [3.8, 4) is 0 Å². The predicted octanol–water partition coefficient (Wildman–Crippen LogP) is 1.10. The van der Waals surface area contributed by atoms with Gasteiger partial charge in [0.2, 0.25) is 0 Å². The van der Waals surface area contributed by atoms with Gasteiger partial charge in [0.15, 0.2) is 0 Å². The second kappa shape index (κ2) is 6.70. The van der Waals surface area contributed by atoms with Crippen molar-refractivity contribution in [2.75, 3.05) is 45.8 Å². The summed E-state index contributed by atoms with van der Waals surface area (Å²) in [6.45, 7) is 11.3. The lowest BCUT2D eigenvalue weighted by molar-refractivity contribution is 0.105. The summed E-state index contributed by atoms with van der Waals surface area (Å²) >= 11 is 0. The fraction of sp³-hybridized carbons (Fsp3) is 0.800. The monoisotopic (exact) mass is 278 g/mol. The molecule has 0 saturated carbocycles. The largest absolute Gasteiger partial charge is 0.361 e. The van der Waals surface area contributed by atoms with Gasteiger partial charge in [-0.3, -0.25) is 4.90 Å². The van der Waals surface area contributed by atoms with Crippen molar-refractivity contribution in [1.29, 1.82) is 0 Å². The van der Waals surface area contributed by atoms with Gasteiger partial charge in [0, 0.05) is 45.3 Å². The quantitative estimate of drug-likeness (QED) is 0.893. The maximum Gasteiger partial charge on any atom is 0.133 e. The molecular weight excluding hydrogens is 252 g/mol. The van der Waals surface area contributed by atoms with E-state index in [0.717, 1.165) is 37.0 Å². The van der Waals surface area contributed by atoms with Crippen LogP contribution in [0.5, 0.6) is 0 Å². The molecule has 2 aliphatic heterocycles. The summed E-state index contributed by atoms with van der Waals surface area (Å²) in [5, 5.41) is 7.53. The zero-order valence-corrected chi connectivity index (χ0v) is 12.5. The number of nitrogens with zero attached hydrogens (tertiary/aromatic N) is 3. The van der Waals surface area contributed by atoms with Crippen molar-refractivity contribution in [2.45, 2.75) is 26.3 Å². The van der Waals surface area contributed by atoms with Crippen LogP contribution in [-0.2, 0) is 6.54 Å². The van der Waals surface area contributed by atoms with E-state index in [4.69, 9.17) is 4.52 Å². The molecule has 0 atom stereocenters. The highest BCUT2D eigenvalue weighted by atomic mass is 16.5. The average molecular weight is 278 g/mol. The third-order valence-corrected chi connectivity index (χ3v) is 4.50. The fourth-order valence-corrected chi connectivity index (χ4v) is 3.28. The summed E-state index contributed by atoms with van der Waals surface area (Å²) in [6, 6.07) is 2.04. The Labute approximate surface area is 121 Å². The highest BCUT2D eigenvalue weighted by molar-refractivity contribution is 5.03. The lowest BCUT2D eigenvalue weighted by atomic mass is 9.97. The Morgan fingerprint density at radius 3 is 2.55 bits per heavy atom. The molecule has 1 aromatic heterocycles. The van der Waals surface area contributed by atoms with Gasteiger partial charge in [0.25, 0.3) is 0 Å². The van der Waals surface area contributed by atoms with Gasteiger partial charge in [-0.05, 0) is 38.8 Å².